The van der Waals surface area contributed by atoms with Gasteiger partial charge in [-0.05, 0) is 23.6 Å². The molecule has 0 saturated carbocycles. The monoisotopic (exact) mass is 340 g/mol. The zero-order valence-electron chi connectivity index (χ0n) is 14.6. The number of benzene rings is 2. The van der Waals surface area contributed by atoms with Crippen LogP contribution in [0.1, 0.15) is 13.8 Å². The highest BCUT2D eigenvalue weighted by molar-refractivity contribution is 7.70. The van der Waals surface area contributed by atoms with Crippen molar-refractivity contribution in [3.8, 4) is 0 Å². The maximum Gasteiger partial charge on any atom is 0.198 e. The van der Waals surface area contributed by atoms with Crippen LogP contribution < -0.4 is 10.6 Å². The fourth-order valence-electron chi connectivity index (χ4n) is 2.82. The van der Waals surface area contributed by atoms with Crippen LogP contribution in [-0.4, -0.2) is 36.8 Å². The molecule has 4 heteroatoms. The lowest BCUT2D eigenvalue weighted by Crippen LogP contribution is -2.30. The number of hydrogen-bond acceptors (Lipinski definition) is 3. The molecule has 1 aliphatic rings. The van der Waals surface area contributed by atoms with E-state index < -0.39 is 8.07 Å². The Bertz CT molecular complexity index is 633. The third-order valence-electron chi connectivity index (χ3n) is 4.21. The van der Waals surface area contributed by atoms with E-state index in [0.717, 1.165) is 19.0 Å². The van der Waals surface area contributed by atoms with Gasteiger partial charge < -0.3 is 4.74 Å². The molecule has 0 unspecified atom stereocenters. The van der Waals surface area contributed by atoms with E-state index in [-0.39, 0.29) is 0 Å². The molecule has 3 nitrogen and oxygen atoms in total. The van der Waals surface area contributed by atoms with Crippen molar-refractivity contribution in [3.05, 3.63) is 60.7 Å². The summed E-state index contributed by atoms with van der Waals surface area (Å²) in [6, 6.07) is 21.7. The van der Waals surface area contributed by atoms with Gasteiger partial charge in [-0.2, -0.15) is 0 Å². The summed E-state index contributed by atoms with van der Waals surface area (Å²) in [6.45, 7) is 5.87. The lowest BCUT2D eigenvalue weighted by atomic mass is 10.1. The van der Waals surface area contributed by atoms with Crippen LogP contribution in [0.4, 0.5) is 0 Å². The van der Waals surface area contributed by atoms with Crippen LogP contribution in [0.15, 0.2) is 65.7 Å². The van der Waals surface area contributed by atoms with Gasteiger partial charge in [0, 0.05) is 8.07 Å². The standard InChI is InChI=1S/C20H25N2OP/c1-16(2)19-15-23-20(21-19)14-22(3)24(17-10-6-4-7-11-17)18-12-8-5-9-13-18/h4-13,16,19H,14-15H2,1-3H3/t19-/m0/s1. The fraction of sp³-hybridized carbons (Fsp3) is 0.350. The van der Waals surface area contributed by atoms with Gasteiger partial charge in [-0.1, -0.05) is 74.5 Å². The van der Waals surface area contributed by atoms with Crippen LogP contribution in [0.3, 0.4) is 0 Å². The van der Waals surface area contributed by atoms with Crippen molar-refractivity contribution in [2.45, 2.75) is 19.9 Å². The van der Waals surface area contributed by atoms with Gasteiger partial charge in [0.2, 0.25) is 0 Å². The Morgan fingerprint density at radius 2 is 1.58 bits per heavy atom. The maximum atomic E-state index is 5.84. The largest absolute Gasteiger partial charge is 0.478 e. The Morgan fingerprint density at radius 3 is 2.04 bits per heavy atom. The molecule has 2 aromatic carbocycles. The first-order chi connectivity index (χ1) is 11.6. The van der Waals surface area contributed by atoms with Gasteiger partial charge in [-0.3, -0.25) is 4.67 Å². The number of likely N-dealkylation sites (N-methyl/N-ethyl adjacent to an activating group) is 1. The van der Waals surface area contributed by atoms with Gasteiger partial charge in [0.25, 0.3) is 0 Å². The Kier molecular flexibility index (Phi) is 5.65. The fourth-order valence-corrected chi connectivity index (χ4v) is 5.08. The minimum Gasteiger partial charge on any atom is -0.478 e. The lowest BCUT2D eigenvalue weighted by molar-refractivity contribution is 0.283. The maximum absolute atomic E-state index is 5.84. The first-order valence-corrected chi connectivity index (χ1v) is 9.75. The van der Waals surface area contributed by atoms with Crippen molar-refractivity contribution >= 4 is 24.6 Å². The van der Waals surface area contributed by atoms with E-state index >= 15 is 0 Å². The van der Waals surface area contributed by atoms with Crippen LogP contribution in [0.2, 0.25) is 0 Å². The number of ether oxygens (including phenoxy) is 1. The molecular formula is C20H25N2OP. The van der Waals surface area contributed by atoms with E-state index in [1.165, 1.54) is 10.6 Å². The Hall–Kier alpha value is -1.70. The average molecular weight is 340 g/mol. The minimum absolute atomic E-state index is 0.299. The summed E-state index contributed by atoms with van der Waals surface area (Å²) >= 11 is 0. The summed E-state index contributed by atoms with van der Waals surface area (Å²) in [5.74, 6) is 1.40. The number of hydrogen-bond donors (Lipinski definition) is 0. The minimum atomic E-state index is -0.585. The normalized spacial score (nSPS) is 17.4. The van der Waals surface area contributed by atoms with E-state index in [0.29, 0.717) is 12.0 Å². The predicted octanol–water partition coefficient (Wildman–Crippen LogP) is 3.42. The molecule has 0 amide bonds. The molecule has 126 valence electrons. The Labute approximate surface area is 146 Å². The SMILES string of the molecule is CC(C)[C@@H]1COC(CN(C)P(c2ccccc2)c2ccccc2)=N1. The van der Waals surface area contributed by atoms with Crippen molar-refractivity contribution < 1.29 is 4.74 Å². The lowest BCUT2D eigenvalue weighted by Gasteiger charge is -2.28. The highest BCUT2D eigenvalue weighted by Crippen LogP contribution is 2.37. The third-order valence-corrected chi connectivity index (χ3v) is 6.61. The zero-order valence-corrected chi connectivity index (χ0v) is 15.5. The molecule has 0 aliphatic carbocycles. The highest BCUT2D eigenvalue weighted by atomic mass is 31.1. The summed E-state index contributed by atoms with van der Waals surface area (Å²) in [4.78, 5) is 4.76. The van der Waals surface area contributed by atoms with Crippen molar-refractivity contribution in [1.29, 1.82) is 0 Å². The molecule has 0 N–H and O–H groups in total. The summed E-state index contributed by atoms with van der Waals surface area (Å²) in [6.07, 6.45) is 0. The van der Waals surface area contributed by atoms with Gasteiger partial charge >= 0.3 is 0 Å². The van der Waals surface area contributed by atoms with E-state index in [1.807, 2.05) is 0 Å². The number of rotatable bonds is 6. The van der Waals surface area contributed by atoms with Crippen LogP contribution >= 0.6 is 8.07 Å². The van der Waals surface area contributed by atoms with Gasteiger partial charge in [0.1, 0.15) is 6.61 Å². The second-order valence-corrected chi connectivity index (χ2v) is 8.78. The number of nitrogens with zero attached hydrogens (tertiary/aromatic N) is 2. The molecule has 0 fully saturated rings. The molecule has 2 aromatic rings. The molecule has 1 aliphatic heterocycles. The molecule has 0 aromatic heterocycles. The molecule has 24 heavy (non-hydrogen) atoms. The second-order valence-electron chi connectivity index (χ2n) is 6.44. The molecule has 0 spiro atoms. The first-order valence-electron chi connectivity index (χ1n) is 8.46. The summed E-state index contributed by atoms with van der Waals surface area (Å²) in [5.41, 5.74) is 0. The summed E-state index contributed by atoms with van der Waals surface area (Å²) < 4.78 is 8.21. The van der Waals surface area contributed by atoms with E-state index in [2.05, 4.69) is 86.2 Å². The van der Waals surface area contributed by atoms with Crippen LogP contribution in [0, 0.1) is 5.92 Å². The smallest absolute Gasteiger partial charge is 0.198 e. The van der Waals surface area contributed by atoms with E-state index in [4.69, 9.17) is 9.73 Å². The topological polar surface area (TPSA) is 24.8 Å². The molecule has 3 rings (SSSR count). The average Bonchev–Trinajstić information content (AvgIpc) is 3.06. The van der Waals surface area contributed by atoms with Gasteiger partial charge in [-0.15, -0.1) is 0 Å². The Balaban J connectivity index is 1.82. The molecule has 1 atom stereocenters. The third kappa shape index (κ3) is 4.03. The van der Waals surface area contributed by atoms with Crippen LogP contribution in [-0.2, 0) is 4.74 Å². The van der Waals surface area contributed by atoms with Crippen molar-refractivity contribution in [2.24, 2.45) is 10.9 Å². The summed E-state index contributed by atoms with van der Waals surface area (Å²) in [5, 5.41) is 2.69. The molecule has 1 heterocycles. The zero-order chi connectivity index (χ0) is 16.9. The molecule has 0 bridgehead atoms. The summed E-state index contributed by atoms with van der Waals surface area (Å²) in [7, 11) is 1.58. The van der Waals surface area contributed by atoms with Crippen LogP contribution in [0.5, 0.6) is 0 Å². The van der Waals surface area contributed by atoms with Gasteiger partial charge in [0.05, 0.1) is 12.6 Å². The molecular weight excluding hydrogens is 315 g/mol. The number of aliphatic imine (C=N–C) groups is 1. The van der Waals surface area contributed by atoms with Crippen molar-refractivity contribution in [2.75, 3.05) is 20.2 Å². The van der Waals surface area contributed by atoms with Crippen LogP contribution in [0.25, 0.3) is 0 Å². The van der Waals surface area contributed by atoms with Gasteiger partial charge in [-0.25, -0.2) is 4.99 Å². The predicted molar refractivity (Wildman–Crippen MR) is 104 cm³/mol. The molecule has 0 radical (unpaired) electrons. The second kappa shape index (κ2) is 7.92. The first kappa shape index (κ1) is 17.1. The van der Waals surface area contributed by atoms with E-state index in [1.54, 1.807) is 0 Å². The Morgan fingerprint density at radius 1 is 1.04 bits per heavy atom. The van der Waals surface area contributed by atoms with Crippen molar-refractivity contribution in [3.63, 3.8) is 0 Å². The van der Waals surface area contributed by atoms with E-state index in [9.17, 15) is 0 Å². The molecule has 0 saturated heterocycles. The highest BCUT2D eigenvalue weighted by Gasteiger charge is 2.26. The van der Waals surface area contributed by atoms with Gasteiger partial charge in [0.15, 0.2) is 5.90 Å². The quantitative estimate of drug-likeness (QED) is 0.753. The van der Waals surface area contributed by atoms with Crippen molar-refractivity contribution in [1.82, 2.24) is 4.67 Å².